The zero-order chi connectivity index (χ0) is 28.3. The summed E-state index contributed by atoms with van der Waals surface area (Å²) in [5, 5.41) is 3.27. The second-order valence-electron chi connectivity index (χ2n) is 12.8. The van der Waals surface area contributed by atoms with Gasteiger partial charge in [0, 0.05) is 30.3 Å². The average Bonchev–Trinajstić information content (AvgIpc) is 3.53. The van der Waals surface area contributed by atoms with Gasteiger partial charge in [-0.1, -0.05) is 67.4 Å². The van der Waals surface area contributed by atoms with Gasteiger partial charge in [0.25, 0.3) is 0 Å². The van der Waals surface area contributed by atoms with Crippen LogP contribution in [0.15, 0.2) is 91.0 Å². The Kier molecular flexibility index (Phi) is 14.2. The van der Waals surface area contributed by atoms with Crippen LogP contribution in [0.1, 0.15) is 96.0 Å². The molecule has 0 bridgehead atoms. The predicted molar refractivity (Wildman–Crippen MR) is 186 cm³/mol. The average molecular weight is 640 g/mol. The normalized spacial score (nSPS) is 22.0. The molecule has 3 aromatic carbocycles. The summed E-state index contributed by atoms with van der Waals surface area (Å²) in [4.78, 5) is 0. The molecule has 6 rings (SSSR count). The molecule has 3 heteroatoms. The molecule has 0 radical (unpaired) electrons. The first kappa shape index (κ1) is 33.5. The minimum Gasteiger partial charge on any atom is -0.366 e. The summed E-state index contributed by atoms with van der Waals surface area (Å²) in [6.07, 6.45) is 26.7. The number of hydrogen-bond donors (Lipinski definition) is 0. The second-order valence-corrected chi connectivity index (χ2v) is 19.1. The maximum atomic E-state index is 6.69. The van der Waals surface area contributed by atoms with E-state index < -0.39 is 7.92 Å². The minimum absolute atomic E-state index is 0. The monoisotopic (exact) mass is 639 g/mol. The summed E-state index contributed by atoms with van der Waals surface area (Å²) in [7, 11) is -1.07. The van der Waals surface area contributed by atoms with Crippen molar-refractivity contribution in [1.82, 2.24) is 0 Å². The fraction of sp³-hybridized carbons (Fsp3) is 0.487. The Labute approximate surface area is 269 Å². The van der Waals surface area contributed by atoms with Gasteiger partial charge < -0.3 is 6.42 Å². The molecule has 3 unspecified atom stereocenters. The van der Waals surface area contributed by atoms with Crippen LogP contribution in [-0.4, -0.2) is 22.6 Å². The van der Waals surface area contributed by atoms with Crippen molar-refractivity contribution in [2.75, 3.05) is 0 Å². The van der Waals surface area contributed by atoms with Gasteiger partial charge in [0.1, 0.15) is 0 Å². The summed E-state index contributed by atoms with van der Waals surface area (Å²) in [5.74, 6) is 3.25. The Balaban J connectivity index is 0.000000391. The minimum atomic E-state index is -0.770. The van der Waals surface area contributed by atoms with Crippen LogP contribution in [0.5, 0.6) is 0 Å². The van der Waals surface area contributed by atoms with Crippen molar-refractivity contribution in [3.63, 3.8) is 0 Å². The Hall–Kier alpha value is -1.43. The van der Waals surface area contributed by atoms with Crippen molar-refractivity contribution in [2.45, 2.75) is 113 Å². The van der Waals surface area contributed by atoms with Crippen LogP contribution in [0, 0.1) is 18.3 Å². The van der Waals surface area contributed by atoms with Crippen LogP contribution >= 0.6 is 15.8 Å². The molecule has 0 aromatic heterocycles. The fourth-order valence-electron chi connectivity index (χ4n) is 8.48. The molecular weight excluding hydrogens is 589 g/mol. The van der Waals surface area contributed by atoms with Gasteiger partial charge in [-0.05, 0) is 102 Å². The van der Waals surface area contributed by atoms with Gasteiger partial charge in [-0.3, -0.25) is 5.92 Å². The second kappa shape index (κ2) is 17.8. The fourth-order valence-corrected chi connectivity index (χ4v) is 17.5. The molecule has 0 saturated heterocycles. The molecule has 226 valence electrons. The third-order valence-electron chi connectivity index (χ3n) is 10.3. The third kappa shape index (κ3) is 8.82. The maximum absolute atomic E-state index is 6.69. The number of benzene rings is 3. The van der Waals surface area contributed by atoms with Crippen molar-refractivity contribution in [3.8, 4) is 5.92 Å². The van der Waals surface area contributed by atoms with Crippen molar-refractivity contribution in [3.05, 3.63) is 103 Å². The van der Waals surface area contributed by atoms with Crippen molar-refractivity contribution >= 4 is 26.5 Å². The molecule has 3 aliphatic carbocycles. The van der Waals surface area contributed by atoms with Crippen LogP contribution < -0.4 is 10.6 Å². The third-order valence-corrected chi connectivity index (χ3v) is 18.2. The van der Waals surface area contributed by atoms with E-state index in [1.807, 2.05) is 30.3 Å². The molecule has 0 N–H and O–H groups in total. The Morgan fingerprint density at radius 3 is 1.48 bits per heavy atom. The van der Waals surface area contributed by atoms with E-state index in [0.717, 1.165) is 34.1 Å². The topological polar surface area (TPSA) is 0 Å². The molecule has 3 fully saturated rings. The van der Waals surface area contributed by atoms with Gasteiger partial charge in [0.2, 0.25) is 0 Å². The largest absolute Gasteiger partial charge is 0.366 e. The van der Waals surface area contributed by atoms with Crippen molar-refractivity contribution < 1.29 is 16.5 Å². The number of hydrogen-bond acceptors (Lipinski definition) is 0. The van der Waals surface area contributed by atoms with E-state index in [2.05, 4.69) is 73.5 Å². The molecule has 0 heterocycles. The van der Waals surface area contributed by atoms with Gasteiger partial charge in [-0.25, -0.2) is 0 Å². The summed E-state index contributed by atoms with van der Waals surface area (Å²) >= 11 is 0. The molecular formula is C39H51NiP2+. The Morgan fingerprint density at radius 2 is 1.05 bits per heavy atom. The van der Waals surface area contributed by atoms with Crippen LogP contribution in [0.2, 0.25) is 0 Å². The number of rotatable bonds is 7. The molecule has 3 atom stereocenters. The smallest absolute Gasteiger partial charge is 0.0969 e. The molecule has 0 aliphatic heterocycles. The molecule has 3 aromatic rings. The first-order valence-electron chi connectivity index (χ1n) is 16.6. The van der Waals surface area contributed by atoms with E-state index in [1.165, 1.54) is 51.4 Å². The quantitative estimate of drug-likeness (QED) is 0.104. The molecule has 3 saturated carbocycles. The first-order valence-corrected chi connectivity index (χ1v) is 19.9. The van der Waals surface area contributed by atoms with E-state index in [1.54, 1.807) is 42.7 Å². The molecule has 42 heavy (non-hydrogen) atoms. The Morgan fingerprint density at radius 1 is 0.595 bits per heavy atom. The van der Waals surface area contributed by atoms with Crippen molar-refractivity contribution in [2.24, 2.45) is 5.92 Å². The van der Waals surface area contributed by atoms with Gasteiger partial charge in [-0.15, -0.1) is 17.7 Å². The van der Waals surface area contributed by atoms with Crippen LogP contribution in [0.4, 0.5) is 0 Å². The maximum Gasteiger partial charge on any atom is 0.0969 e. The SMILES string of the molecule is CC(C1CCCC1[PH+](C1CCCCC1)C1CCCCC1)[PH+](c1ccccc1)c1ccccc1.[C-]#Cc1ccccc1.[Ni]. The molecule has 0 nitrogen and oxygen atoms in total. The zero-order valence-electron chi connectivity index (χ0n) is 25.6. The summed E-state index contributed by atoms with van der Waals surface area (Å²) in [6, 6.07) is 32.6. The van der Waals surface area contributed by atoms with Gasteiger partial charge in [0.15, 0.2) is 0 Å². The molecule has 0 spiro atoms. The van der Waals surface area contributed by atoms with E-state index in [9.17, 15) is 0 Å². The molecule has 3 aliphatic rings. The van der Waals surface area contributed by atoms with Crippen LogP contribution in [0.3, 0.4) is 0 Å². The van der Waals surface area contributed by atoms with E-state index in [-0.39, 0.29) is 24.4 Å². The van der Waals surface area contributed by atoms with Gasteiger partial charge in [-0.2, -0.15) is 0 Å². The first-order chi connectivity index (χ1) is 20.3. The van der Waals surface area contributed by atoms with E-state index in [0.29, 0.717) is 0 Å². The predicted octanol–water partition coefficient (Wildman–Crippen LogP) is 9.91. The standard InChI is InChI=1S/C31H44P2.C8H5.Ni/c1-25(32(26-15-6-2-7-16-26)27-17-8-3-9-18-27)30-23-14-24-31(30)33(28-19-10-4-11-20-28)29-21-12-5-13-22-29;1-2-8-6-4-3-5-7-8;/h2-3,6-9,15-18,25,28-31H,4-5,10-14,19-24H2,1H3;3-7H;/q;-1;/p+2. The van der Waals surface area contributed by atoms with E-state index >= 15 is 0 Å². The summed E-state index contributed by atoms with van der Waals surface area (Å²) in [6.45, 7) is 2.68. The van der Waals surface area contributed by atoms with Crippen LogP contribution in [0.25, 0.3) is 0 Å². The molecule has 0 amide bonds. The van der Waals surface area contributed by atoms with Crippen LogP contribution in [-0.2, 0) is 16.5 Å². The van der Waals surface area contributed by atoms with E-state index in [4.69, 9.17) is 6.42 Å². The zero-order valence-corrected chi connectivity index (χ0v) is 28.5. The van der Waals surface area contributed by atoms with Crippen molar-refractivity contribution in [1.29, 1.82) is 0 Å². The Bertz CT molecular complexity index is 1120. The van der Waals surface area contributed by atoms with Gasteiger partial charge in [0.05, 0.1) is 41.2 Å². The summed E-state index contributed by atoms with van der Waals surface area (Å²) in [5.41, 5.74) is 5.01. The van der Waals surface area contributed by atoms with Gasteiger partial charge >= 0.3 is 0 Å². The summed E-state index contributed by atoms with van der Waals surface area (Å²) < 4.78 is 0.